The molecule has 3 N–H and O–H groups in total. The van der Waals surface area contributed by atoms with E-state index in [1.165, 1.54) is 32.1 Å². The molecule has 0 amide bonds. The van der Waals surface area contributed by atoms with E-state index < -0.39 is 54.1 Å². The van der Waals surface area contributed by atoms with Crippen LogP contribution in [-0.2, 0) is 24.4 Å². The van der Waals surface area contributed by atoms with Crippen molar-refractivity contribution in [2.45, 2.75) is 299 Å². The summed E-state index contributed by atoms with van der Waals surface area (Å²) < 4.78 is 143. The number of halogens is 6. The Kier molecular flexibility index (Phi) is 23.1. The van der Waals surface area contributed by atoms with E-state index in [9.17, 15) is 58.5 Å². The van der Waals surface area contributed by atoms with Gasteiger partial charge in [0, 0.05) is 12.8 Å². The van der Waals surface area contributed by atoms with Crippen LogP contribution in [0.3, 0.4) is 0 Å². The molecule has 8 saturated carbocycles. The summed E-state index contributed by atoms with van der Waals surface area (Å²) in [6.07, 6.45) is 14.5. The van der Waals surface area contributed by atoms with Gasteiger partial charge in [-0.25, -0.2) is 16.8 Å². The van der Waals surface area contributed by atoms with Gasteiger partial charge in [-0.1, -0.05) is 142 Å². The normalized spacial score (nSPS) is 38.3. The van der Waals surface area contributed by atoms with Crippen LogP contribution in [0, 0.1) is 98.6 Å². The summed E-state index contributed by atoms with van der Waals surface area (Å²) in [5.41, 5.74) is -4.21. The number of allylic oxidation sites excluding steroid dienone is 2. The molecule has 1 heterocycles. The molecule has 9 fully saturated rings. The van der Waals surface area contributed by atoms with Gasteiger partial charge >= 0.3 is 31.2 Å². The van der Waals surface area contributed by atoms with Crippen molar-refractivity contribution in [1.82, 2.24) is 0 Å². The Morgan fingerprint density at radius 3 is 1.36 bits per heavy atom. The first kappa shape index (κ1) is 79.0. The van der Waals surface area contributed by atoms with Crippen LogP contribution in [0.25, 0.3) is 0 Å². The van der Waals surface area contributed by atoms with Gasteiger partial charge in [0.25, 0.3) is 0 Å². The first-order chi connectivity index (χ1) is 44.5. The summed E-state index contributed by atoms with van der Waals surface area (Å²) in [5.74, 6) is 2.72. The summed E-state index contributed by atoms with van der Waals surface area (Å²) in [6, 6.07) is 17.4. The van der Waals surface area contributed by atoms with Gasteiger partial charge in [0.05, 0.1) is 38.6 Å². The summed E-state index contributed by atoms with van der Waals surface area (Å²) in [4.78, 5) is 0.707. The van der Waals surface area contributed by atoms with E-state index in [0.29, 0.717) is 82.0 Å². The van der Waals surface area contributed by atoms with Gasteiger partial charge in [0.1, 0.15) is 0 Å². The molecule has 0 bridgehead atoms. The number of ether oxygens (including phenoxy) is 1. The van der Waals surface area contributed by atoms with Gasteiger partial charge in [-0.2, -0.15) is 32.8 Å². The molecule has 2 aromatic carbocycles. The van der Waals surface area contributed by atoms with Gasteiger partial charge in [-0.15, -0.1) is 0 Å². The number of unbranched alkanes of at least 4 members (excludes halogenated alkanes) is 1. The SMILES string of the molecule is CC1(C)CCC2(CC1)CO2.C[C@H](C(CC1(O)CCC(C)(C)CC1)S(=O)(=O)c1ccccc1)[C@H]1CC[C@H]2[C@@H]3CC=C4C[C@](O)(C(F)(F)F)CC[C@]4(C)[C@H]3CC[C@]12C.C[C@H](CS(=O)(=O)c1ccccc1)[C@H]1CC[C@H]2[C@@H]3CC=C4C[C@](O)(C(F)(F)F)CC[C@]4(C)[C@H]3CC[C@]12C.[CH2-]CCC.[Li+]. The van der Waals surface area contributed by atoms with Crippen molar-refractivity contribution in [3.8, 4) is 0 Å². The maximum absolute atomic E-state index is 14.5. The Morgan fingerprint density at radius 1 is 0.546 bits per heavy atom. The third kappa shape index (κ3) is 15.5. The Bertz CT molecular complexity index is 3300. The van der Waals surface area contributed by atoms with E-state index in [0.717, 1.165) is 101 Å². The molecule has 0 radical (unpaired) electrons. The second kappa shape index (κ2) is 28.4. The number of epoxide rings is 1. The number of hydrogen-bond acceptors (Lipinski definition) is 8. The molecule has 13 rings (SSSR count). The monoisotopic (exact) mass is 1390 g/mol. The standard InChI is InChI=1S/C38H55F3O4S.C29H39F3O3S.C9H16O.C4H9.Li/c1-25(32(46(44,45)27-9-7-6-8-10-27)24-36(42)20-17-33(2,3)18-21-36)29-13-14-30-28-12-11-26-23-37(43,38(39,40)41)22-19-34(26,4)31(28)15-16-35(29,30)5;1-19(18-36(34,35)21-7-5-4-6-8-21)23-11-12-24-22-10-9-20-17-28(33,29(30,31)32)16-15-26(20,2)25(22)13-14-27(23,24)3;1-8(2)3-5-9(6-4-8)7-10-9;1-3-4-2;/h6-11,25,28-32,42-43H,12-24H2,1-5H3;4-9,19,22-25,33H,10-18H2,1-3H3;3-7H2,1-2H3;1,3-4H2,2H3;/q;;;-1;+1/t25-,28-,29+,30-,31-,32?,34-,35+,37-;19-,22+,23-,24+,25+,26+,27-,28+;;;/m01.../s1. The Balaban J connectivity index is 0.000000191. The minimum Gasteiger partial charge on any atom is -0.390 e. The van der Waals surface area contributed by atoms with Crippen LogP contribution in [0.5, 0.6) is 0 Å². The second-order valence-electron chi connectivity index (χ2n) is 35.8. The summed E-state index contributed by atoms with van der Waals surface area (Å²) in [5, 5.41) is 32.2. The molecule has 2 aromatic rings. The number of hydrogen-bond donors (Lipinski definition) is 3. The predicted octanol–water partition coefficient (Wildman–Crippen LogP) is 17.0. The number of rotatable bonds is 11. The average molecular weight is 1390 g/mol. The largest absolute Gasteiger partial charge is 1.00 e. The van der Waals surface area contributed by atoms with Gasteiger partial charge in [-0.3, -0.25) is 0 Å². The van der Waals surface area contributed by atoms with Crippen molar-refractivity contribution < 1.29 is 82.1 Å². The minimum absolute atomic E-state index is 0. The molecular weight excluding hydrogens is 1270 g/mol. The van der Waals surface area contributed by atoms with Crippen molar-refractivity contribution in [2.75, 3.05) is 12.4 Å². The fourth-order valence-electron chi connectivity index (χ4n) is 22.2. The zero-order valence-corrected chi connectivity index (χ0v) is 62.6. The first-order valence-corrected chi connectivity index (χ1v) is 40.4. The summed E-state index contributed by atoms with van der Waals surface area (Å²) in [7, 11) is -7.08. The summed E-state index contributed by atoms with van der Waals surface area (Å²) in [6.45, 7) is 29.1. The molecule has 542 valence electrons. The van der Waals surface area contributed by atoms with Crippen molar-refractivity contribution in [1.29, 1.82) is 0 Å². The molecular formula is C80H119F6LiO8S2. The van der Waals surface area contributed by atoms with Crippen LogP contribution < -0.4 is 18.9 Å². The molecule has 1 aliphatic heterocycles. The Hall–Kier alpha value is -2.16. The molecule has 11 aliphatic rings. The van der Waals surface area contributed by atoms with Crippen molar-refractivity contribution in [2.24, 2.45) is 91.7 Å². The molecule has 97 heavy (non-hydrogen) atoms. The smallest absolute Gasteiger partial charge is 0.390 e. The van der Waals surface area contributed by atoms with Crippen LogP contribution in [0.1, 0.15) is 250 Å². The van der Waals surface area contributed by atoms with Crippen molar-refractivity contribution in [3.05, 3.63) is 90.9 Å². The third-order valence-electron chi connectivity index (χ3n) is 29.0. The van der Waals surface area contributed by atoms with E-state index in [1.807, 2.05) is 24.3 Å². The third-order valence-corrected chi connectivity index (χ3v) is 33.3. The molecule has 1 unspecified atom stereocenters. The molecule has 10 aliphatic carbocycles. The number of benzene rings is 2. The minimum atomic E-state index is -4.64. The van der Waals surface area contributed by atoms with E-state index in [1.54, 1.807) is 48.5 Å². The summed E-state index contributed by atoms with van der Waals surface area (Å²) >= 11 is 0. The molecule has 17 heteroatoms. The Labute approximate surface area is 592 Å². The number of sulfone groups is 2. The molecule has 8 nitrogen and oxygen atoms in total. The van der Waals surface area contributed by atoms with Crippen LogP contribution >= 0.6 is 0 Å². The molecule has 17 atom stereocenters. The number of fused-ring (bicyclic) bond motifs is 10. The maximum Gasteiger partial charge on any atom is 1.00 e. The van der Waals surface area contributed by atoms with E-state index >= 15 is 0 Å². The molecule has 0 aromatic heterocycles. The van der Waals surface area contributed by atoms with Crippen LogP contribution in [-0.4, -0.2) is 84.5 Å². The zero-order valence-electron chi connectivity index (χ0n) is 61.0. The van der Waals surface area contributed by atoms with Crippen LogP contribution in [0.2, 0.25) is 0 Å². The van der Waals surface area contributed by atoms with Gasteiger partial charge in [0.2, 0.25) is 0 Å². The van der Waals surface area contributed by atoms with Crippen LogP contribution in [0.15, 0.2) is 93.8 Å². The number of aliphatic hydroxyl groups is 3. The quantitative estimate of drug-likeness (QED) is 0.0664. The molecule has 1 spiro atoms. The van der Waals surface area contributed by atoms with E-state index in [4.69, 9.17) is 4.74 Å². The predicted molar refractivity (Wildman–Crippen MR) is 370 cm³/mol. The fourth-order valence-corrected chi connectivity index (χ4v) is 26.1. The van der Waals surface area contributed by atoms with Crippen LogP contribution in [0.4, 0.5) is 26.3 Å². The molecule has 1 saturated heterocycles. The zero-order chi connectivity index (χ0) is 70.4. The fraction of sp³-hybridized carbons (Fsp3) is 0.787. The Morgan fingerprint density at radius 2 is 0.948 bits per heavy atom. The topological polar surface area (TPSA) is 142 Å². The average Bonchev–Trinajstić information content (AvgIpc) is 1.71. The van der Waals surface area contributed by atoms with E-state index in [2.05, 4.69) is 83.1 Å². The first-order valence-electron chi connectivity index (χ1n) is 37.2. The number of alkyl halides is 6. The van der Waals surface area contributed by atoms with E-state index in [-0.39, 0.29) is 107 Å². The van der Waals surface area contributed by atoms with Gasteiger partial charge in [-0.05, 0) is 264 Å². The maximum atomic E-state index is 14.5. The van der Waals surface area contributed by atoms with Crippen molar-refractivity contribution >= 4 is 19.7 Å². The van der Waals surface area contributed by atoms with Gasteiger partial charge < -0.3 is 27.0 Å². The van der Waals surface area contributed by atoms with Gasteiger partial charge in [0.15, 0.2) is 30.9 Å². The second-order valence-corrected chi connectivity index (χ2v) is 40.0. The van der Waals surface area contributed by atoms with Crippen molar-refractivity contribution in [3.63, 3.8) is 0 Å².